The zero-order chi connectivity index (χ0) is 14.0. The summed E-state index contributed by atoms with van der Waals surface area (Å²) >= 11 is 0. The van der Waals surface area contributed by atoms with Crippen LogP contribution < -0.4 is 11.1 Å². The standard InChI is InChI=1S/C17H19N3/c1-17(18)9-5-8-14(10-17)15-11-19-16(20-12-15)13-6-3-2-4-7-13/h2-8,10-12,16,19H,9,18H2,1H3. The highest BCUT2D eigenvalue weighted by atomic mass is 15.1. The second-order valence-electron chi connectivity index (χ2n) is 5.57. The quantitative estimate of drug-likeness (QED) is 0.864. The second kappa shape index (κ2) is 5.10. The molecule has 0 spiro atoms. The highest BCUT2D eigenvalue weighted by molar-refractivity contribution is 5.87. The molecule has 2 aliphatic rings. The van der Waals surface area contributed by atoms with Crippen molar-refractivity contribution in [1.82, 2.24) is 5.32 Å². The van der Waals surface area contributed by atoms with Crippen LogP contribution in [0.4, 0.5) is 0 Å². The number of allylic oxidation sites excluding steroid dienone is 3. The van der Waals surface area contributed by atoms with Crippen LogP contribution in [-0.4, -0.2) is 11.8 Å². The highest BCUT2D eigenvalue weighted by Gasteiger charge is 2.20. The molecule has 3 N–H and O–H groups in total. The van der Waals surface area contributed by atoms with Gasteiger partial charge in [-0.2, -0.15) is 0 Å². The van der Waals surface area contributed by atoms with E-state index in [2.05, 4.69) is 40.7 Å². The molecule has 2 atom stereocenters. The first kappa shape index (κ1) is 12.9. The molecule has 0 radical (unpaired) electrons. The molecule has 0 amide bonds. The molecular weight excluding hydrogens is 246 g/mol. The van der Waals surface area contributed by atoms with E-state index in [-0.39, 0.29) is 11.7 Å². The molecule has 0 fully saturated rings. The van der Waals surface area contributed by atoms with Gasteiger partial charge in [-0.05, 0) is 24.5 Å². The summed E-state index contributed by atoms with van der Waals surface area (Å²) in [6, 6.07) is 10.2. The van der Waals surface area contributed by atoms with Crippen molar-refractivity contribution in [2.24, 2.45) is 10.7 Å². The molecule has 20 heavy (non-hydrogen) atoms. The lowest BCUT2D eigenvalue weighted by molar-refractivity contribution is 0.585. The average Bonchev–Trinajstić information content (AvgIpc) is 2.47. The summed E-state index contributed by atoms with van der Waals surface area (Å²) in [4.78, 5) is 4.58. The van der Waals surface area contributed by atoms with Gasteiger partial charge in [-0.3, -0.25) is 4.99 Å². The lowest BCUT2D eigenvalue weighted by atomic mass is 9.88. The van der Waals surface area contributed by atoms with Gasteiger partial charge in [-0.25, -0.2) is 0 Å². The van der Waals surface area contributed by atoms with Crippen molar-refractivity contribution in [3.63, 3.8) is 0 Å². The molecule has 2 unspecified atom stereocenters. The van der Waals surface area contributed by atoms with Crippen molar-refractivity contribution >= 4 is 6.21 Å². The second-order valence-corrected chi connectivity index (χ2v) is 5.57. The SMILES string of the molecule is CC1(N)C=C(C2=CNC(c3ccccc3)N=C2)C=CC1. The Bertz CT molecular complexity index is 606. The molecule has 102 valence electrons. The van der Waals surface area contributed by atoms with Crippen LogP contribution in [0.15, 0.2) is 70.9 Å². The van der Waals surface area contributed by atoms with Crippen LogP contribution in [-0.2, 0) is 0 Å². The summed E-state index contributed by atoms with van der Waals surface area (Å²) in [7, 11) is 0. The Morgan fingerprint density at radius 1 is 1.25 bits per heavy atom. The molecule has 3 rings (SSSR count). The molecule has 0 saturated carbocycles. The summed E-state index contributed by atoms with van der Waals surface area (Å²) in [5, 5.41) is 3.33. The minimum Gasteiger partial charge on any atom is -0.366 e. The molecule has 1 aromatic carbocycles. The predicted octanol–water partition coefficient (Wildman–Crippen LogP) is 2.85. The molecular formula is C17H19N3. The van der Waals surface area contributed by atoms with Gasteiger partial charge in [-0.1, -0.05) is 48.6 Å². The molecule has 3 nitrogen and oxygen atoms in total. The largest absolute Gasteiger partial charge is 0.366 e. The third-order valence-electron chi connectivity index (χ3n) is 3.55. The van der Waals surface area contributed by atoms with Gasteiger partial charge in [0.15, 0.2) is 0 Å². The Hall–Kier alpha value is -2.13. The van der Waals surface area contributed by atoms with Crippen LogP contribution in [0.3, 0.4) is 0 Å². The van der Waals surface area contributed by atoms with E-state index in [0.717, 1.165) is 23.1 Å². The number of nitrogens with two attached hydrogens (primary N) is 1. The summed E-state index contributed by atoms with van der Waals surface area (Å²) < 4.78 is 0. The highest BCUT2D eigenvalue weighted by Crippen LogP contribution is 2.25. The van der Waals surface area contributed by atoms with Crippen molar-refractivity contribution in [2.75, 3.05) is 0 Å². The van der Waals surface area contributed by atoms with E-state index in [1.54, 1.807) is 0 Å². The van der Waals surface area contributed by atoms with Gasteiger partial charge < -0.3 is 11.1 Å². The van der Waals surface area contributed by atoms with Crippen LogP contribution in [0.25, 0.3) is 0 Å². The normalized spacial score (nSPS) is 28.6. The van der Waals surface area contributed by atoms with Crippen molar-refractivity contribution in [1.29, 1.82) is 0 Å². The van der Waals surface area contributed by atoms with Crippen molar-refractivity contribution in [3.05, 3.63) is 71.5 Å². The fourth-order valence-corrected chi connectivity index (χ4v) is 2.46. The third-order valence-corrected chi connectivity index (χ3v) is 3.55. The minimum absolute atomic E-state index is 0.00243. The number of nitrogens with zero attached hydrogens (tertiary/aromatic N) is 1. The lowest BCUT2D eigenvalue weighted by Gasteiger charge is -2.25. The van der Waals surface area contributed by atoms with Gasteiger partial charge >= 0.3 is 0 Å². The van der Waals surface area contributed by atoms with Gasteiger partial charge in [0.2, 0.25) is 0 Å². The first-order valence-electron chi connectivity index (χ1n) is 6.87. The Labute approximate surface area is 119 Å². The summed E-state index contributed by atoms with van der Waals surface area (Å²) in [5.41, 5.74) is 9.27. The first-order chi connectivity index (χ1) is 9.64. The van der Waals surface area contributed by atoms with Crippen LogP contribution in [0.5, 0.6) is 0 Å². The van der Waals surface area contributed by atoms with E-state index in [1.807, 2.05) is 37.5 Å². The molecule has 1 aromatic rings. The fourth-order valence-electron chi connectivity index (χ4n) is 2.46. The molecule has 1 aliphatic carbocycles. The predicted molar refractivity (Wildman–Crippen MR) is 83.3 cm³/mol. The minimum atomic E-state index is -0.269. The Morgan fingerprint density at radius 3 is 2.70 bits per heavy atom. The number of hydrogen-bond donors (Lipinski definition) is 2. The van der Waals surface area contributed by atoms with Crippen LogP contribution in [0.1, 0.15) is 25.1 Å². The number of hydrogen-bond acceptors (Lipinski definition) is 3. The van der Waals surface area contributed by atoms with Crippen LogP contribution >= 0.6 is 0 Å². The van der Waals surface area contributed by atoms with Crippen LogP contribution in [0, 0.1) is 0 Å². The number of rotatable bonds is 2. The smallest absolute Gasteiger partial charge is 0.144 e. The summed E-state index contributed by atoms with van der Waals surface area (Å²) in [6.07, 6.45) is 11.1. The number of aliphatic imine (C=N–C) groups is 1. The lowest BCUT2D eigenvalue weighted by Crippen LogP contribution is -2.34. The maximum absolute atomic E-state index is 6.17. The van der Waals surface area contributed by atoms with Crippen molar-refractivity contribution < 1.29 is 0 Å². The van der Waals surface area contributed by atoms with Gasteiger partial charge in [0, 0.05) is 23.5 Å². The van der Waals surface area contributed by atoms with Crippen molar-refractivity contribution in [2.45, 2.75) is 25.0 Å². The first-order valence-corrected chi connectivity index (χ1v) is 6.87. The Balaban J connectivity index is 1.77. The molecule has 0 bridgehead atoms. The topological polar surface area (TPSA) is 50.4 Å². The molecule has 3 heteroatoms. The van der Waals surface area contributed by atoms with Crippen molar-refractivity contribution in [3.8, 4) is 0 Å². The van der Waals surface area contributed by atoms with Gasteiger partial charge in [-0.15, -0.1) is 0 Å². The van der Waals surface area contributed by atoms with Gasteiger partial charge in [0.25, 0.3) is 0 Å². The van der Waals surface area contributed by atoms with E-state index in [4.69, 9.17) is 5.73 Å². The third kappa shape index (κ3) is 2.73. The maximum Gasteiger partial charge on any atom is 0.144 e. The maximum atomic E-state index is 6.17. The average molecular weight is 265 g/mol. The fraction of sp³-hybridized carbons (Fsp3) is 0.235. The van der Waals surface area contributed by atoms with Crippen LogP contribution in [0.2, 0.25) is 0 Å². The Kier molecular flexibility index (Phi) is 3.28. The molecule has 0 saturated heterocycles. The van der Waals surface area contributed by atoms with E-state index in [0.29, 0.717) is 0 Å². The summed E-state index contributed by atoms with van der Waals surface area (Å²) in [5.74, 6) is 0. The van der Waals surface area contributed by atoms with E-state index in [9.17, 15) is 0 Å². The number of benzene rings is 1. The Morgan fingerprint density at radius 2 is 2.05 bits per heavy atom. The molecule has 1 heterocycles. The number of nitrogens with one attached hydrogen (secondary N) is 1. The van der Waals surface area contributed by atoms with E-state index >= 15 is 0 Å². The van der Waals surface area contributed by atoms with Gasteiger partial charge in [0.05, 0.1) is 0 Å². The van der Waals surface area contributed by atoms with E-state index < -0.39 is 0 Å². The summed E-state index contributed by atoms with van der Waals surface area (Å²) in [6.45, 7) is 2.04. The zero-order valence-electron chi connectivity index (χ0n) is 11.6. The van der Waals surface area contributed by atoms with E-state index in [1.165, 1.54) is 0 Å². The zero-order valence-corrected chi connectivity index (χ0v) is 11.6. The van der Waals surface area contributed by atoms with Gasteiger partial charge in [0.1, 0.15) is 6.17 Å². The monoisotopic (exact) mass is 265 g/mol. The molecule has 1 aliphatic heterocycles. The molecule has 0 aromatic heterocycles.